The summed E-state index contributed by atoms with van der Waals surface area (Å²) in [6, 6.07) is 12.3. The zero-order valence-electron chi connectivity index (χ0n) is 15.0. The van der Waals surface area contributed by atoms with Crippen molar-refractivity contribution in [1.82, 2.24) is 15.6 Å². The third-order valence-corrected chi connectivity index (χ3v) is 5.27. The Morgan fingerprint density at radius 1 is 1.23 bits per heavy atom. The summed E-state index contributed by atoms with van der Waals surface area (Å²) in [5.74, 6) is 1.42. The van der Waals surface area contributed by atoms with E-state index < -0.39 is 0 Å². The van der Waals surface area contributed by atoms with Crippen molar-refractivity contribution in [2.24, 2.45) is 4.99 Å². The van der Waals surface area contributed by atoms with Crippen LogP contribution in [0.3, 0.4) is 0 Å². The van der Waals surface area contributed by atoms with Crippen molar-refractivity contribution < 1.29 is 4.74 Å². The third kappa shape index (κ3) is 5.09. The quantitative estimate of drug-likeness (QED) is 0.338. The molecule has 0 amide bonds. The van der Waals surface area contributed by atoms with Gasteiger partial charge in [0.2, 0.25) is 5.88 Å². The molecule has 0 spiro atoms. The van der Waals surface area contributed by atoms with Gasteiger partial charge in [-0.25, -0.2) is 4.98 Å². The van der Waals surface area contributed by atoms with E-state index >= 15 is 0 Å². The largest absolute Gasteiger partial charge is 0.481 e. The molecule has 0 aliphatic heterocycles. The van der Waals surface area contributed by atoms with Crippen LogP contribution < -0.4 is 15.4 Å². The van der Waals surface area contributed by atoms with E-state index in [9.17, 15) is 0 Å². The van der Waals surface area contributed by atoms with Crippen LogP contribution in [-0.4, -0.2) is 31.6 Å². The first kappa shape index (κ1) is 21.0. The average molecular weight is 531 g/mol. The van der Waals surface area contributed by atoms with Crippen molar-refractivity contribution in [2.45, 2.75) is 24.8 Å². The summed E-state index contributed by atoms with van der Waals surface area (Å²) in [5.41, 5.74) is 2.66. The van der Waals surface area contributed by atoms with E-state index in [-0.39, 0.29) is 29.4 Å². The lowest BCUT2D eigenvalue weighted by atomic mass is 9.96. The molecule has 1 aromatic heterocycles. The summed E-state index contributed by atoms with van der Waals surface area (Å²) in [6.07, 6.45) is 4.20. The lowest BCUT2D eigenvalue weighted by molar-refractivity contribution is 0.397. The van der Waals surface area contributed by atoms with Crippen LogP contribution in [-0.2, 0) is 12.0 Å². The Labute approximate surface area is 180 Å². The number of hydrogen-bond donors (Lipinski definition) is 2. The molecule has 0 unspecified atom stereocenters. The van der Waals surface area contributed by atoms with Gasteiger partial charge in [-0.2, -0.15) is 0 Å². The second-order valence-corrected chi connectivity index (χ2v) is 7.10. The topological polar surface area (TPSA) is 58.5 Å². The van der Waals surface area contributed by atoms with Gasteiger partial charge >= 0.3 is 0 Å². The fourth-order valence-corrected chi connectivity index (χ4v) is 3.58. The smallest absolute Gasteiger partial charge is 0.212 e. The maximum atomic E-state index is 5.08. The molecule has 5 nitrogen and oxygen atoms in total. The van der Waals surface area contributed by atoms with Crippen molar-refractivity contribution >= 4 is 45.9 Å². The average Bonchev–Trinajstić information content (AvgIpc) is 3.43. The van der Waals surface area contributed by atoms with Crippen LogP contribution in [0.4, 0.5) is 0 Å². The highest BCUT2D eigenvalue weighted by Crippen LogP contribution is 2.49. The molecule has 140 valence electrons. The summed E-state index contributed by atoms with van der Waals surface area (Å²) in [4.78, 5) is 8.54. The van der Waals surface area contributed by atoms with Gasteiger partial charge in [0.25, 0.3) is 0 Å². The van der Waals surface area contributed by atoms with Gasteiger partial charge in [0.05, 0.1) is 7.11 Å². The molecule has 2 N–H and O–H groups in total. The van der Waals surface area contributed by atoms with Gasteiger partial charge in [0, 0.05) is 42.3 Å². The maximum Gasteiger partial charge on any atom is 0.212 e. The fourth-order valence-electron chi connectivity index (χ4n) is 2.88. The molecule has 3 rings (SSSR count). The minimum absolute atomic E-state index is 0. The molecule has 1 heterocycles. The number of hydrogen-bond acceptors (Lipinski definition) is 3. The lowest BCUT2D eigenvalue weighted by Crippen LogP contribution is -2.41. The van der Waals surface area contributed by atoms with E-state index in [2.05, 4.69) is 60.8 Å². The molecule has 26 heavy (non-hydrogen) atoms. The van der Waals surface area contributed by atoms with E-state index in [1.54, 1.807) is 14.2 Å². The van der Waals surface area contributed by atoms with Crippen molar-refractivity contribution in [3.8, 4) is 5.88 Å². The van der Waals surface area contributed by atoms with Gasteiger partial charge in [0.1, 0.15) is 0 Å². The van der Waals surface area contributed by atoms with Crippen molar-refractivity contribution in [1.29, 1.82) is 0 Å². The highest BCUT2D eigenvalue weighted by Gasteiger charge is 2.45. The van der Waals surface area contributed by atoms with Crippen LogP contribution >= 0.6 is 39.9 Å². The van der Waals surface area contributed by atoms with Crippen LogP contribution in [0.2, 0.25) is 0 Å². The number of halogens is 2. The SMILES string of the molecule is CN=C(NCc1ccc(OC)nc1)NCC1(c2ccccc2Br)CC1.I. The Bertz CT molecular complexity index is 747. The Hall–Kier alpha value is -1.35. The standard InChI is InChI=1S/C19H23BrN4O.HI/c1-21-18(23-12-14-7-8-17(25-2)22-11-14)24-13-19(9-10-19)15-5-3-4-6-16(15)20;/h3-8,11H,9-10,12-13H2,1-2H3,(H2,21,23,24);1H. The first-order valence-electron chi connectivity index (χ1n) is 8.35. The van der Waals surface area contributed by atoms with Crippen LogP contribution in [0.1, 0.15) is 24.0 Å². The van der Waals surface area contributed by atoms with Crippen molar-refractivity contribution in [3.63, 3.8) is 0 Å². The van der Waals surface area contributed by atoms with Gasteiger partial charge in [-0.15, -0.1) is 24.0 Å². The molecule has 1 aliphatic rings. The number of methoxy groups -OCH3 is 1. The third-order valence-electron chi connectivity index (χ3n) is 4.58. The summed E-state index contributed by atoms with van der Waals surface area (Å²) >= 11 is 3.68. The van der Waals surface area contributed by atoms with E-state index in [0.717, 1.165) is 18.1 Å². The number of nitrogens with zero attached hydrogens (tertiary/aromatic N) is 2. The van der Waals surface area contributed by atoms with Crippen LogP contribution in [0, 0.1) is 0 Å². The van der Waals surface area contributed by atoms with E-state index in [1.165, 1.54) is 22.9 Å². The van der Waals surface area contributed by atoms with E-state index in [0.29, 0.717) is 12.4 Å². The number of pyridine rings is 1. The number of benzene rings is 1. The molecule has 0 radical (unpaired) electrons. The van der Waals surface area contributed by atoms with Crippen LogP contribution in [0.25, 0.3) is 0 Å². The minimum Gasteiger partial charge on any atom is -0.481 e. The maximum absolute atomic E-state index is 5.08. The second kappa shape index (κ2) is 9.55. The predicted molar refractivity (Wildman–Crippen MR) is 119 cm³/mol. The number of rotatable bonds is 6. The summed E-state index contributed by atoms with van der Waals surface area (Å²) in [7, 11) is 3.41. The van der Waals surface area contributed by atoms with E-state index in [4.69, 9.17) is 4.74 Å². The van der Waals surface area contributed by atoms with Gasteiger partial charge in [-0.05, 0) is 30.0 Å². The van der Waals surface area contributed by atoms with Gasteiger partial charge in [-0.1, -0.05) is 40.2 Å². The number of aliphatic imine (C=N–C) groups is 1. The zero-order chi connectivity index (χ0) is 17.7. The molecule has 1 aromatic carbocycles. The monoisotopic (exact) mass is 530 g/mol. The Kier molecular flexibility index (Phi) is 7.69. The van der Waals surface area contributed by atoms with Crippen LogP contribution in [0.5, 0.6) is 5.88 Å². The molecule has 0 bridgehead atoms. The minimum atomic E-state index is 0. The predicted octanol–water partition coefficient (Wildman–Crippen LogP) is 3.87. The number of guanidine groups is 1. The van der Waals surface area contributed by atoms with Gasteiger partial charge in [-0.3, -0.25) is 4.99 Å². The lowest BCUT2D eigenvalue weighted by Gasteiger charge is -2.20. The zero-order valence-corrected chi connectivity index (χ0v) is 18.9. The second-order valence-electron chi connectivity index (χ2n) is 6.25. The molecule has 0 atom stereocenters. The van der Waals surface area contributed by atoms with E-state index in [1.807, 2.05) is 18.3 Å². The van der Waals surface area contributed by atoms with Crippen molar-refractivity contribution in [2.75, 3.05) is 20.7 Å². The Balaban J connectivity index is 0.00000243. The first-order chi connectivity index (χ1) is 12.2. The van der Waals surface area contributed by atoms with Gasteiger partial charge in [0.15, 0.2) is 5.96 Å². The molecule has 2 aromatic rings. The fraction of sp³-hybridized carbons (Fsp3) is 0.368. The molecule has 0 saturated heterocycles. The summed E-state index contributed by atoms with van der Waals surface area (Å²) in [5, 5.41) is 6.80. The molecular weight excluding hydrogens is 507 g/mol. The molecule has 1 fully saturated rings. The normalized spacial score (nSPS) is 15.0. The highest BCUT2D eigenvalue weighted by molar-refractivity contribution is 14.0. The molecular formula is C19H24BrIN4O. The number of aromatic nitrogens is 1. The summed E-state index contributed by atoms with van der Waals surface area (Å²) in [6.45, 7) is 1.54. The number of nitrogens with one attached hydrogen (secondary N) is 2. The Morgan fingerprint density at radius 2 is 2.00 bits per heavy atom. The summed E-state index contributed by atoms with van der Waals surface area (Å²) < 4.78 is 6.26. The van der Waals surface area contributed by atoms with Gasteiger partial charge < -0.3 is 15.4 Å². The molecule has 1 aliphatic carbocycles. The molecule has 7 heteroatoms. The highest BCUT2D eigenvalue weighted by atomic mass is 127. The number of ether oxygens (including phenoxy) is 1. The van der Waals surface area contributed by atoms with Crippen molar-refractivity contribution in [3.05, 3.63) is 58.2 Å². The molecule has 1 saturated carbocycles. The Morgan fingerprint density at radius 3 is 2.58 bits per heavy atom. The first-order valence-corrected chi connectivity index (χ1v) is 9.15. The van der Waals surface area contributed by atoms with Crippen LogP contribution in [0.15, 0.2) is 52.1 Å².